The van der Waals surface area contributed by atoms with E-state index in [1.165, 1.54) is 7.11 Å². The molecule has 0 spiro atoms. The number of carbonyl (C=O) groups excluding carboxylic acids is 1. The van der Waals surface area contributed by atoms with E-state index in [9.17, 15) is 20.1 Å². The van der Waals surface area contributed by atoms with Crippen LogP contribution in [-0.2, 0) is 73.8 Å². The van der Waals surface area contributed by atoms with Gasteiger partial charge in [0.05, 0.1) is 65.1 Å². The molecule has 0 saturated carbocycles. The maximum Gasteiger partial charge on any atom is 0.407 e. The zero-order valence-electron chi connectivity index (χ0n) is 37.3. The quantitative estimate of drug-likeness (QED) is 0.0981. The second-order valence-corrected chi connectivity index (χ2v) is 16.8. The molecular formula is C50H63NO14. The number of hydrogen-bond donors (Lipinski definition) is 4. The van der Waals surface area contributed by atoms with Gasteiger partial charge in [-0.1, -0.05) is 128 Å². The predicted molar refractivity (Wildman–Crippen MR) is 236 cm³/mol. The summed E-state index contributed by atoms with van der Waals surface area (Å²) in [5, 5.41) is 34.8. The topological polar surface area (TPSA) is 182 Å². The van der Waals surface area contributed by atoms with E-state index in [2.05, 4.69) is 5.32 Å². The molecule has 4 N–H and O–H groups in total. The lowest BCUT2D eigenvalue weighted by molar-refractivity contribution is -0.362. The van der Waals surface area contributed by atoms with Crippen molar-refractivity contribution in [2.45, 2.75) is 133 Å². The van der Waals surface area contributed by atoms with Crippen LogP contribution in [0.5, 0.6) is 0 Å². The average molecular weight is 902 g/mol. The number of nitrogens with one attached hydrogen (secondary N) is 1. The molecule has 0 aliphatic carbocycles. The third kappa shape index (κ3) is 12.8. The van der Waals surface area contributed by atoms with Crippen LogP contribution in [0.15, 0.2) is 121 Å². The highest BCUT2D eigenvalue weighted by Gasteiger charge is 2.54. The van der Waals surface area contributed by atoms with Crippen molar-refractivity contribution < 1.29 is 67.5 Å². The summed E-state index contributed by atoms with van der Waals surface area (Å²) in [7, 11) is 1.17. The standard InChI is InChI=1S/C50H63NO14/c1-31-43(58-27-35-19-11-6-12-20-35)46(60-29-37-23-15-8-16-24-37)39(30-57-26-34-17-9-5-10-18-34)63-48(31)65-47-44(59-28-36-21-13-7-14-22-36)32(2)61-33(3)45(47)64-49-40(51-50(55)56-4)42(54)41(53)38(25-52)62-49/h5-24,31-33,38-49,52-54H,25-30H2,1-4H3,(H,51,55)/t31?,32?,33-,38?,39-,40?,41+,42+,43?,44-,45?,46+,47-,48+,49-/m0/s1. The van der Waals surface area contributed by atoms with Gasteiger partial charge in [-0.3, -0.25) is 0 Å². The van der Waals surface area contributed by atoms with Crippen LogP contribution in [0.2, 0.25) is 0 Å². The van der Waals surface area contributed by atoms with Crippen LogP contribution in [0.4, 0.5) is 4.79 Å². The third-order valence-electron chi connectivity index (χ3n) is 12.1. The van der Waals surface area contributed by atoms with Gasteiger partial charge in [0.2, 0.25) is 0 Å². The van der Waals surface area contributed by atoms with Crippen LogP contribution >= 0.6 is 0 Å². The second kappa shape index (κ2) is 23.9. The molecule has 0 aromatic heterocycles. The molecule has 0 bridgehead atoms. The Kier molecular flexibility index (Phi) is 17.9. The first kappa shape index (κ1) is 48.6. The maximum absolute atomic E-state index is 12.6. The van der Waals surface area contributed by atoms with Gasteiger partial charge < -0.3 is 68.0 Å². The lowest BCUT2D eigenvalue weighted by atomic mass is 9.90. The Morgan fingerprint density at radius 1 is 0.554 bits per heavy atom. The molecule has 4 aromatic rings. The van der Waals surface area contributed by atoms with Gasteiger partial charge in [0, 0.05) is 5.92 Å². The molecule has 15 nitrogen and oxygen atoms in total. The molecule has 15 heteroatoms. The normalized spacial score (nSPS) is 32.7. The summed E-state index contributed by atoms with van der Waals surface area (Å²) in [4.78, 5) is 12.6. The van der Waals surface area contributed by atoms with Crippen LogP contribution in [0.25, 0.3) is 0 Å². The first-order chi connectivity index (χ1) is 31.6. The molecule has 7 rings (SSSR count). The highest BCUT2D eigenvalue weighted by molar-refractivity contribution is 5.67. The first-order valence-electron chi connectivity index (χ1n) is 22.3. The van der Waals surface area contributed by atoms with Gasteiger partial charge in [-0.2, -0.15) is 0 Å². The third-order valence-corrected chi connectivity index (χ3v) is 12.1. The fourth-order valence-corrected chi connectivity index (χ4v) is 8.59. The number of rotatable bonds is 19. The van der Waals surface area contributed by atoms with E-state index in [0.717, 1.165) is 22.3 Å². The number of amides is 1. The van der Waals surface area contributed by atoms with E-state index >= 15 is 0 Å². The summed E-state index contributed by atoms with van der Waals surface area (Å²) in [6, 6.07) is 38.1. The molecule has 352 valence electrons. The zero-order valence-corrected chi connectivity index (χ0v) is 37.3. The van der Waals surface area contributed by atoms with Gasteiger partial charge in [-0.25, -0.2) is 4.79 Å². The highest BCUT2D eigenvalue weighted by Crippen LogP contribution is 2.38. The lowest BCUT2D eigenvalue weighted by Crippen LogP contribution is -2.68. The van der Waals surface area contributed by atoms with E-state index in [-0.39, 0.29) is 13.2 Å². The van der Waals surface area contributed by atoms with Gasteiger partial charge in [-0.15, -0.1) is 0 Å². The van der Waals surface area contributed by atoms with Crippen LogP contribution in [0.3, 0.4) is 0 Å². The van der Waals surface area contributed by atoms with E-state index < -0.39 is 104 Å². The Labute approximate surface area is 380 Å². The summed E-state index contributed by atoms with van der Waals surface area (Å²) in [5.41, 5.74) is 3.88. The number of methoxy groups -OCH3 is 1. The second-order valence-electron chi connectivity index (χ2n) is 16.8. The van der Waals surface area contributed by atoms with Crippen molar-refractivity contribution in [1.82, 2.24) is 5.32 Å². The van der Waals surface area contributed by atoms with Crippen LogP contribution in [0, 0.1) is 5.92 Å². The van der Waals surface area contributed by atoms with E-state index in [1.54, 1.807) is 0 Å². The fraction of sp³-hybridized carbons (Fsp3) is 0.500. The van der Waals surface area contributed by atoms with Crippen LogP contribution < -0.4 is 5.32 Å². The van der Waals surface area contributed by atoms with E-state index in [1.807, 2.05) is 142 Å². The molecule has 4 aromatic carbocycles. The summed E-state index contributed by atoms with van der Waals surface area (Å²) < 4.78 is 64.9. The molecule has 6 unspecified atom stereocenters. The Balaban J connectivity index is 1.23. The molecular weight excluding hydrogens is 839 g/mol. The Morgan fingerprint density at radius 3 is 1.54 bits per heavy atom. The van der Waals surface area contributed by atoms with Crippen molar-refractivity contribution in [2.24, 2.45) is 5.92 Å². The zero-order chi connectivity index (χ0) is 45.7. The monoisotopic (exact) mass is 901 g/mol. The molecule has 3 saturated heterocycles. The minimum atomic E-state index is -1.61. The lowest BCUT2D eigenvalue weighted by Gasteiger charge is -2.51. The van der Waals surface area contributed by atoms with Gasteiger partial charge in [0.15, 0.2) is 12.6 Å². The number of aliphatic hydroxyl groups is 3. The number of ether oxygens (including phenoxy) is 10. The smallest absolute Gasteiger partial charge is 0.407 e. The minimum Gasteiger partial charge on any atom is -0.453 e. The van der Waals surface area contributed by atoms with Crippen molar-refractivity contribution in [3.05, 3.63) is 144 Å². The maximum atomic E-state index is 12.6. The number of hydrogen-bond acceptors (Lipinski definition) is 14. The SMILES string of the molecule is COC(=O)NC1[C@H](OC2[C@H](C)OC(C)[C@H](OCc3ccccc3)[C@@H]2O[C@H]2O[C@@H](COCc3ccccc3)[C@@H](OCc3ccccc3)C(OCc3ccccc3)C2C)OC(CO)[C@@H](O)[C@@H]1O. The summed E-state index contributed by atoms with van der Waals surface area (Å²) in [6.45, 7) is 6.33. The number of benzene rings is 4. The first-order valence-corrected chi connectivity index (χ1v) is 22.3. The average Bonchev–Trinajstić information content (AvgIpc) is 3.33. The van der Waals surface area contributed by atoms with E-state index in [4.69, 9.17) is 47.4 Å². The Hall–Kier alpha value is -4.33. The molecule has 15 atom stereocenters. The van der Waals surface area contributed by atoms with Gasteiger partial charge >= 0.3 is 6.09 Å². The van der Waals surface area contributed by atoms with Gasteiger partial charge in [0.25, 0.3) is 0 Å². The summed E-state index contributed by atoms with van der Waals surface area (Å²) >= 11 is 0. The molecule has 3 heterocycles. The van der Waals surface area contributed by atoms with Crippen molar-refractivity contribution in [1.29, 1.82) is 0 Å². The Bertz CT molecular complexity index is 1990. The molecule has 3 aliphatic heterocycles. The largest absolute Gasteiger partial charge is 0.453 e. The molecule has 1 amide bonds. The fourth-order valence-electron chi connectivity index (χ4n) is 8.59. The van der Waals surface area contributed by atoms with Crippen LogP contribution in [0.1, 0.15) is 43.0 Å². The Morgan fingerprint density at radius 2 is 1.02 bits per heavy atom. The number of carbonyl (C=O) groups is 1. The minimum absolute atomic E-state index is 0.139. The molecule has 3 aliphatic rings. The number of aliphatic hydroxyl groups excluding tert-OH is 3. The highest BCUT2D eigenvalue weighted by atomic mass is 16.7. The molecule has 65 heavy (non-hydrogen) atoms. The van der Waals surface area contributed by atoms with E-state index in [0.29, 0.717) is 19.8 Å². The summed E-state index contributed by atoms with van der Waals surface area (Å²) in [5.74, 6) is -0.454. The van der Waals surface area contributed by atoms with Crippen LogP contribution in [-0.4, -0.2) is 128 Å². The van der Waals surface area contributed by atoms with Crippen molar-refractivity contribution >= 4 is 6.09 Å². The number of alkyl carbamates (subject to hydrolysis) is 1. The van der Waals surface area contributed by atoms with Crippen molar-refractivity contribution in [2.75, 3.05) is 20.3 Å². The van der Waals surface area contributed by atoms with Gasteiger partial charge in [0.1, 0.15) is 54.9 Å². The van der Waals surface area contributed by atoms with Crippen molar-refractivity contribution in [3.63, 3.8) is 0 Å². The molecule has 3 fully saturated rings. The van der Waals surface area contributed by atoms with Crippen molar-refractivity contribution in [3.8, 4) is 0 Å². The summed E-state index contributed by atoms with van der Waals surface area (Å²) in [6.07, 6.45) is -13.4. The van der Waals surface area contributed by atoms with Gasteiger partial charge in [-0.05, 0) is 36.1 Å². The molecule has 0 radical (unpaired) electrons. The predicted octanol–water partition coefficient (Wildman–Crippen LogP) is 5.06.